The van der Waals surface area contributed by atoms with Gasteiger partial charge in [-0.2, -0.15) is 5.26 Å². The molecule has 0 aromatic carbocycles. The normalized spacial score (nSPS) is 13.8. The molecule has 0 spiro atoms. The summed E-state index contributed by atoms with van der Waals surface area (Å²) < 4.78 is 0. The van der Waals surface area contributed by atoms with Crippen molar-refractivity contribution in [2.24, 2.45) is 0 Å². The summed E-state index contributed by atoms with van der Waals surface area (Å²) in [4.78, 5) is 27.8. The first-order valence-electron chi connectivity index (χ1n) is 6.68. The van der Waals surface area contributed by atoms with Crippen molar-refractivity contribution in [2.75, 3.05) is 25.0 Å². The zero-order chi connectivity index (χ0) is 15.2. The van der Waals surface area contributed by atoms with E-state index >= 15 is 0 Å². The van der Waals surface area contributed by atoms with E-state index < -0.39 is 4.92 Å². The SMILES string of the molecule is N#Cc1cnc(NCCC(=O)N2CCCC2)c([N+](=O)[O-])c1. The molecule has 1 saturated heterocycles. The van der Waals surface area contributed by atoms with Crippen molar-refractivity contribution in [3.8, 4) is 6.07 Å². The quantitative estimate of drug-likeness (QED) is 0.645. The van der Waals surface area contributed by atoms with Crippen LogP contribution in [0.15, 0.2) is 12.3 Å². The van der Waals surface area contributed by atoms with Gasteiger partial charge in [-0.25, -0.2) is 4.98 Å². The maximum absolute atomic E-state index is 11.8. The number of hydrogen-bond acceptors (Lipinski definition) is 6. The van der Waals surface area contributed by atoms with Crippen LogP contribution >= 0.6 is 0 Å². The van der Waals surface area contributed by atoms with Crippen molar-refractivity contribution in [2.45, 2.75) is 19.3 Å². The molecule has 8 heteroatoms. The fourth-order valence-electron chi connectivity index (χ4n) is 2.20. The van der Waals surface area contributed by atoms with Crippen LogP contribution < -0.4 is 5.32 Å². The second-order valence-corrected chi connectivity index (χ2v) is 4.73. The van der Waals surface area contributed by atoms with Gasteiger partial charge in [-0.15, -0.1) is 0 Å². The molecule has 0 unspecified atom stereocenters. The molecule has 1 aromatic heterocycles. The van der Waals surface area contributed by atoms with Crippen LogP contribution in [-0.2, 0) is 4.79 Å². The van der Waals surface area contributed by atoms with E-state index in [4.69, 9.17) is 5.26 Å². The number of hydrogen-bond donors (Lipinski definition) is 1. The number of nitrogens with one attached hydrogen (secondary N) is 1. The summed E-state index contributed by atoms with van der Waals surface area (Å²) in [6, 6.07) is 2.97. The number of rotatable bonds is 5. The van der Waals surface area contributed by atoms with Gasteiger partial charge in [-0.1, -0.05) is 0 Å². The Morgan fingerprint density at radius 1 is 1.52 bits per heavy atom. The molecule has 1 aliphatic heterocycles. The third kappa shape index (κ3) is 3.66. The van der Waals surface area contributed by atoms with E-state index in [0.29, 0.717) is 0 Å². The molecule has 0 aliphatic carbocycles. The molecule has 21 heavy (non-hydrogen) atoms. The second kappa shape index (κ2) is 6.65. The summed E-state index contributed by atoms with van der Waals surface area (Å²) in [6.45, 7) is 1.84. The van der Waals surface area contributed by atoms with Gasteiger partial charge in [0.2, 0.25) is 11.7 Å². The van der Waals surface area contributed by atoms with Gasteiger partial charge in [0, 0.05) is 38.3 Å². The van der Waals surface area contributed by atoms with Crippen molar-refractivity contribution >= 4 is 17.4 Å². The Labute approximate surface area is 121 Å². The molecular formula is C13H15N5O3. The lowest BCUT2D eigenvalue weighted by molar-refractivity contribution is -0.384. The van der Waals surface area contributed by atoms with Gasteiger partial charge < -0.3 is 10.2 Å². The highest BCUT2D eigenvalue weighted by Crippen LogP contribution is 2.22. The molecule has 8 nitrogen and oxygen atoms in total. The van der Waals surface area contributed by atoms with E-state index in [-0.39, 0.29) is 35.9 Å². The Morgan fingerprint density at radius 3 is 2.86 bits per heavy atom. The van der Waals surface area contributed by atoms with Gasteiger partial charge >= 0.3 is 5.69 Å². The first kappa shape index (κ1) is 14.7. The average molecular weight is 289 g/mol. The summed E-state index contributed by atoms with van der Waals surface area (Å²) in [5.74, 6) is 0.115. The maximum Gasteiger partial charge on any atom is 0.312 e. The highest BCUT2D eigenvalue weighted by molar-refractivity contribution is 5.77. The van der Waals surface area contributed by atoms with E-state index in [9.17, 15) is 14.9 Å². The van der Waals surface area contributed by atoms with Crippen LogP contribution in [0.25, 0.3) is 0 Å². The van der Waals surface area contributed by atoms with Crippen molar-refractivity contribution in [3.05, 3.63) is 27.9 Å². The van der Waals surface area contributed by atoms with Crippen LogP contribution in [0, 0.1) is 21.4 Å². The minimum absolute atomic E-state index is 0.0382. The lowest BCUT2D eigenvalue weighted by atomic mass is 10.2. The van der Waals surface area contributed by atoms with Gasteiger partial charge in [-0.05, 0) is 12.8 Å². The molecule has 1 fully saturated rings. The number of anilines is 1. The smallest absolute Gasteiger partial charge is 0.312 e. The lowest BCUT2D eigenvalue weighted by Gasteiger charge is -2.15. The molecule has 1 N–H and O–H groups in total. The Hall–Kier alpha value is -2.69. The Bertz CT molecular complexity index is 590. The average Bonchev–Trinajstić information content (AvgIpc) is 3.01. The van der Waals surface area contributed by atoms with Crippen molar-refractivity contribution < 1.29 is 9.72 Å². The first-order chi connectivity index (χ1) is 10.1. The highest BCUT2D eigenvalue weighted by atomic mass is 16.6. The Balaban J connectivity index is 1.95. The molecular weight excluding hydrogens is 274 g/mol. The number of nitro groups is 1. The summed E-state index contributed by atoms with van der Waals surface area (Å²) in [5, 5.41) is 22.4. The monoisotopic (exact) mass is 289 g/mol. The number of carbonyl (C=O) groups excluding carboxylic acids is 1. The Morgan fingerprint density at radius 2 is 2.24 bits per heavy atom. The first-order valence-corrected chi connectivity index (χ1v) is 6.68. The summed E-state index contributed by atoms with van der Waals surface area (Å²) >= 11 is 0. The standard InChI is InChI=1S/C13H15N5O3/c14-8-10-7-11(18(20)21)13(16-9-10)15-4-3-12(19)17-5-1-2-6-17/h7,9H,1-6H2,(H,15,16). The third-order valence-electron chi connectivity index (χ3n) is 3.28. The van der Waals surface area contributed by atoms with Gasteiger partial charge in [0.05, 0.1) is 10.5 Å². The molecule has 2 rings (SSSR count). The van der Waals surface area contributed by atoms with Gasteiger partial charge in [-0.3, -0.25) is 14.9 Å². The van der Waals surface area contributed by atoms with Crippen LogP contribution in [0.1, 0.15) is 24.8 Å². The zero-order valence-electron chi connectivity index (χ0n) is 11.4. The number of nitriles is 1. The van der Waals surface area contributed by atoms with Gasteiger partial charge in [0.1, 0.15) is 6.07 Å². The number of carbonyl (C=O) groups is 1. The largest absolute Gasteiger partial charge is 0.364 e. The molecule has 0 bridgehead atoms. The zero-order valence-corrected chi connectivity index (χ0v) is 11.4. The number of amides is 1. The molecule has 1 amide bonds. The summed E-state index contributed by atoms with van der Waals surface area (Å²) in [7, 11) is 0. The van der Waals surface area contributed by atoms with Crippen molar-refractivity contribution in [1.29, 1.82) is 5.26 Å². The number of likely N-dealkylation sites (tertiary alicyclic amines) is 1. The van der Waals surface area contributed by atoms with Crippen molar-refractivity contribution in [3.63, 3.8) is 0 Å². The maximum atomic E-state index is 11.8. The molecule has 0 radical (unpaired) electrons. The van der Waals surface area contributed by atoms with E-state index in [1.54, 1.807) is 11.0 Å². The molecule has 0 atom stereocenters. The van der Waals surface area contributed by atoms with Crippen LogP contribution in [0.4, 0.5) is 11.5 Å². The van der Waals surface area contributed by atoms with Crippen molar-refractivity contribution in [1.82, 2.24) is 9.88 Å². The molecule has 110 valence electrons. The van der Waals surface area contributed by atoms with Crippen LogP contribution in [0.3, 0.4) is 0 Å². The molecule has 2 heterocycles. The Kier molecular flexibility index (Phi) is 4.66. The number of pyridine rings is 1. The fraction of sp³-hybridized carbons (Fsp3) is 0.462. The lowest BCUT2D eigenvalue weighted by Crippen LogP contribution is -2.29. The molecule has 1 aliphatic rings. The number of aromatic nitrogens is 1. The van der Waals surface area contributed by atoms with Crippen LogP contribution in [0.5, 0.6) is 0 Å². The predicted octanol–water partition coefficient (Wildman–Crippen LogP) is 1.29. The van der Waals surface area contributed by atoms with Crippen LogP contribution in [-0.4, -0.2) is 40.3 Å². The fourth-order valence-corrected chi connectivity index (χ4v) is 2.20. The summed E-state index contributed by atoms with van der Waals surface area (Å²) in [5.41, 5.74) is -0.136. The third-order valence-corrected chi connectivity index (χ3v) is 3.28. The molecule has 1 aromatic rings. The van der Waals surface area contributed by atoms with E-state index in [1.807, 2.05) is 0 Å². The second-order valence-electron chi connectivity index (χ2n) is 4.73. The predicted molar refractivity (Wildman–Crippen MR) is 74.5 cm³/mol. The van der Waals surface area contributed by atoms with E-state index in [1.165, 1.54) is 6.20 Å². The minimum atomic E-state index is -0.599. The topological polar surface area (TPSA) is 112 Å². The minimum Gasteiger partial charge on any atom is -0.364 e. The van der Waals surface area contributed by atoms with E-state index in [2.05, 4.69) is 10.3 Å². The molecule has 0 saturated carbocycles. The highest BCUT2D eigenvalue weighted by Gasteiger charge is 2.19. The summed E-state index contributed by atoms with van der Waals surface area (Å²) in [6.07, 6.45) is 3.58. The van der Waals surface area contributed by atoms with E-state index in [0.717, 1.165) is 32.0 Å². The van der Waals surface area contributed by atoms with Crippen LogP contribution in [0.2, 0.25) is 0 Å². The van der Waals surface area contributed by atoms with Gasteiger partial charge in [0.15, 0.2) is 0 Å². The number of nitrogens with zero attached hydrogens (tertiary/aromatic N) is 4. The van der Waals surface area contributed by atoms with Gasteiger partial charge in [0.25, 0.3) is 0 Å².